The Hall–Kier alpha value is -3.78. The number of anilines is 2. The lowest BCUT2D eigenvalue weighted by molar-refractivity contribution is 0.0975. The lowest BCUT2D eigenvalue weighted by atomic mass is 10.0. The van der Waals surface area contributed by atoms with Crippen LogP contribution in [0.5, 0.6) is 5.75 Å². The van der Waals surface area contributed by atoms with Gasteiger partial charge in [-0.05, 0) is 61.0 Å². The second-order valence-corrected chi connectivity index (χ2v) is 6.43. The molecule has 1 aliphatic rings. The van der Waals surface area contributed by atoms with Gasteiger partial charge in [0.05, 0.1) is 23.8 Å². The Morgan fingerprint density at radius 2 is 1.75 bits per heavy atom. The summed E-state index contributed by atoms with van der Waals surface area (Å²) >= 11 is 0. The van der Waals surface area contributed by atoms with E-state index in [1.807, 2.05) is 67.6 Å². The Balaban J connectivity index is 1.78. The number of fused-ring (bicyclic) bond motifs is 1. The van der Waals surface area contributed by atoms with E-state index in [-0.39, 0.29) is 12.1 Å². The van der Waals surface area contributed by atoms with E-state index in [9.17, 15) is 4.79 Å². The Bertz CT molecular complexity index is 1040. The van der Waals surface area contributed by atoms with Crippen LogP contribution in [0, 0.1) is 11.3 Å². The highest BCUT2D eigenvalue weighted by atomic mass is 16.5. The number of carbonyl (C=O) groups excluding carboxylic acids is 1. The average Bonchev–Trinajstić information content (AvgIpc) is 2.75. The maximum atomic E-state index is 13.3. The first-order chi connectivity index (χ1) is 13.7. The quantitative estimate of drug-likeness (QED) is 0.722. The largest absolute Gasteiger partial charge is 0.494 e. The van der Waals surface area contributed by atoms with E-state index in [0.717, 1.165) is 22.7 Å². The lowest BCUT2D eigenvalue weighted by Crippen LogP contribution is -2.43. The molecule has 3 aromatic rings. The number of carbonyl (C=O) groups is 1. The summed E-state index contributed by atoms with van der Waals surface area (Å²) in [4.78, 5) is 15.1. The molecule has 138 valence electrons. The molecule has 1 N–H and O–H groups in total. The Morgan fingerprint density at radius 1 is 1.04 bits per heavy atom. The first kappa shape index (κ1) is 17.6. The van der Waals surface area contributed by atoms with E-state index in [2.05, 4.69) is 11.4 Å². The molecule has 0 unspecified atom stereocenters. The zero-order valence-electron chi connectivity index (χ0n) is 15.4. The normalized spacial score (nSPS) is 15.4. The van der Waals surface area contributed by atoms with Gasteiger partial charge >= 0.3 is 0 Å². The highest BCUT2D eigenvalue weighted by Crippen LogP contribution is 2.37. The predicted octanol–water partition coefficient (Wildman–Crippen LogP) is 4.73. The van der Waals surface area contributed by atoms with Crippen LogP contribution in [0.3, 0.4) is 0 Å². The van der Waals surface area contributed by atoms with Crippen LogP contribution >= 0.6 is 0 Å². The van der Waals surface area contributed by atoms with Crippen molar-refractivity contribution >= 4 is 17.3 Å². The molecule has 0 aliphatic carbocycles. The van der Waals surface area contributed by atoms with Gasteiger partial charge in [-0.2, -0.15) is 5.26 Å². The molecule has 0 fully saturated rings. The topological polar surface area (TPSA) is 65.4 Å². The fourth-order valence-corrected chi connectivity index (χ4v) is 3.36. The number of rotatable bonds is 4. The number of hydrogen-bond acceptors (Lipinski definition) is 4. The van der Waals surface area contributed by atoms with Gasteiger partial charge in [-0.1, -0.05) is 24.3 Å². The summed E-state index contributed by atoms with van der Waals surface area (Å²) in [6.45, 7) is 2.52. The van der Waals surface area contributed by atoms with E-state index < -0.39 is 0 Å². The van der Waals surface area contributed by atoms with Crippen molar-refractivity contribution in [3.05, 3.63) is 89.5 Å². The molecule has 0 radical (unpaired) electrons. The molecule has 4 rings (SSSR count). The molecule has 1 amide bonds. The smallest absolute Gasteiger partial charge is 0.262 e. The zero-order chi connectivity index (χ0) is 19.5. The molecule has 0 saturated carbocycles. The van der Waals surface area contributed by atoms with Gasteiger partial charge in [-0.15, -0.1) is 0 Å². The van der Waals surface area contributed by atoms with E-state index in [0.29, 0.717) is 17.7 Å². The standard InChI is InChI=1S/C23H19N3O2/c1-2-28-19-13-11-18(12-14-19)26-22(17-9-7-16(15-24)8-10-17)25-21-6-4-3-5-20(21)23(26)27/h3-14,22,25H,2H2,1H3/t22-/m1/s1. The van der Waals surface area contributed by atoms with Crippen LogP contribution in [-0.4, -0.2) is 12.5 Å². The van der Waals surface area contributed by atoms with Crippen molar-refractivity contribution in [1.29, 1.82) is 5.26 Å². The van der Waals surface area contributed by atoms with Crippen LogP contribution < -0.4 is 15.0 Å². The van der Waals surface area contributed by atoms with Crippen LogP contribution in [0.2, 0.25) is 0 Å². The van der Waals surface area contributed by atoms with Crippen LogP contribution in [0.1, 0.15) is 34.6 Å². The number of amides is 1. The summed E-state index contributed by atoms with van der Waals surface area (Å²) in [5.74, 6) is 0.687. The third-order valence-corrected chi connectivity index (χ3v) is 4.71. The Morgan fingerprint density at radius 3 is 2.43 bits per heavy atom. The van der Waals surface area contributed by atoms with Gasteiger partial charge in [0.2, 0.25) is 0 Å². The fraction of sp³-hybridized carbons (Fsp3) is 0.130. The second-order valence-electron chi connectivity index (χ2n) is 6.43. The van der Waals surface area contributed by atoms with Crippen LogP contribution in [0.25, 0.3) is 0 Å². The van der Waals surface area contributed by atoms with Gasteiger partial charge < -0.3 is 10.1 Å². The van der Waals surface area contributed by atoms with E-state index in [4.69, 9.17) is 10.00 Å². The molecule has 0 saturated heterocycles. The molecule has 0 bridgehead atoms. The molecule has 1 aliphatic heterocycles. The molecule has 5 nitrogen and oxygen atoms in total. The molecule has 1 atom stereocenters. The molecule has 0 aromatic heterocycles. The lowest BCUT2D eigenvalue weighted by Gasteiger charge is -2.38. The van der Waals surface area contributed by atoms with E-state index in [1.54, 1.807) is 17.0 Å². The van der Waals surface area contributed by atoms with Crippen LogP contribution in [0.15, 0.2) is 72.8 Å². The molecule has 28 heavy (non-hydrogen) atoms. The molecular formula is C23H19N3O2. The predicted molar refractivity (Wildman–Crippen MR) is 108 cm³/mol. The van der Waals surface area contributed by atoms with Crippen LogP contribution in [-0.2, 0) is 0 Å². The number of hydrogen-bond donors (Lipinski definition) is 1. The van der Waals surface area contributed by atoms with Crippen molar-refractivity contribution in [1.82, 2.24) is 0 Å². The van der Waals surface area contributed by atoms with Crippen LogP contribution in [0.4, 0.5) is 11.4 Å². The molecular weight excluding hydrogens is 350 g/mol. The van der Waals surface area contributed by atoms with Gasteiger partial charge in [0.15, 0.2) is 0 Å². The SMILES string of the molecule is CCOc1ccc(N2C(=O)c3ccccc3N[C@H]2c2ccc(C#N)cc2)cc1. The number of nitrogens with zero attached hydrogens (tertiary/aromatic N) is 2. The molecule has 3 aromatic carbocycles. The van der Waals surface area contributed by atoms with E-state index in [1.165, 1.54) is 0 Å². The monoisotopic (exact) mass is 369 g/mol. The Labute approximate surface area is 163 Å². The minimum Gasteiger partial charge on any atom is -0.494 e. The highest BCUT2D eigenvalue weighted by molar-refractivity contribution is 6.12. The highest BCUT2D eigenvalue weighted by Gasteiger charge is 2.33. The van der Waals surface area contributed by atoms with Crippen molar-refractivity contribution in [2.45, 2.75) is 13.1 Å². The first-order valence-corrected chi connectivity index (χ1v) is 9.13. The van der Waals surface area contributed by atoms with Gasteiger partial charge in [-0.25, -0.2) is 0 Å². The van der Waals surface area contributed by atoms with Crippen molar-refractivity contribution in [3.63, 3.8) is 0 Å². The van der Waals surface area contributed by atoms with Gasteiger partial charge in [0, 0.05) is 11.4 Å². The summed E-state index contributed by atoms with van der Waals surface area (Å²) < 4.78 is 5.52. The second kappa shape index (κ2) is 7.45. The fourth-order valence-electron chi connectivity index (χ4n) is 3.36. The number of nitriles is 1. The maximum absolute atomic E-state index is 13.3. The van der Waals surface area contributed by atoms with Gasteiger partial charge in [0.25, 0.3) is 5.91 Å². The van der Waals surface area contributed by atoms with Gasteiger partial charge in [-0.3, -0.25) is 9.69 Å². The summed E-state index contributed by atoms with van der Waals surface area (Å²) in [5, 5.41) is 12.5. The summed E-state index contributed by atoms with van der Waals surface area (Å²) in [5.41, 5.74) is 3.67. The minimum atomic E-state index is -0.381. The third-order valence-electron chi connectivity index (χ3n) is 4.71. The van der Waals surface area contributed by atoms with E-state index >= 15 is 0 Å². The zero-order valence-corrected chi connectivity index (χ0v) is 15.4. The van der Waals surface area contributed by atoms with Crippen molar-refractivity contribution in [2.24, 2.45) is 0 Å². The number of benzene rings is 3. The average molecular weight is 369 g/mol. The van der Waals surface area contributed by atoms with Crippen molar-refractivity contribution in [2.75, 3.05) is 16.8 Å². The van der Waals surface area contributed by atoms with Gasteiger partial charge in [0.1, 0.15) is 11.9 Å². The molecule has 5 heteroatoms. The first-order valence-electron chi connectivity index (χ1n) is 9.13. The van der Waals surface area contributed by atoms with Crippen molar-refractivity contribution in [3.8, 4) is 11.8 Å². The summed E-state index contributed by atoms with van der Waals surface area (Å²) in [7, 11) is 0. The third kappa shape index (κ3) is 3.17. The number of para-hydroxylation sites is 1. The Kier molecular flexibility index (Phi) is 4.69. The summed E-state index contributed by atoms with van der Waals surface area (Å²) in [6.07, 6.45) is -0.381. The maximum Gasteiger partial charge on any atom is 0.262 e. The molecule has 0 spiro atoms. The minimum absolute atomic E-state index is 0.0760. The van der Waals surface area contributed by atoms with Crippen molar-refractivity contribution < 1.29 is 9.53 Å². The summed E-state index contributed by atoms with van der Waals surface area (Å²) in [6, 6.07) is 24.4. The molecule has 1 heterocycles. The number of ether oxygens (including phenoxy) is 1. The number of nitrogens with one attached hydrogen (secondary N) is 1.